The van der Waals surface area contributed by atoms with Gasteiger partial charge in [-0.05, 0) is 44.0 Å². The van der Waals surface area contributed by atoms with Crippen molar-refractivity contribution in [1.29, 1.82) is 0 Å². The molecule has 0 saturated carbocycles. The fraction of sp³-hybridized carbons (Fsp3) is 0.308. The van der Waals surface area contributed by atoms with E-state index in [1.54, 1.807) is 0 Å². The van der Waals surface area contributed by atoms with Crippen molar-refractivity contribution >= 4 is 11.4 Å². The van der Waals surface area contributed by atoms with Crippen LogP contribution in [-0.4, -0.2) is 5.71 Å². The average Bonchev–Trinajstić information content (AvgIpc) is 2.17. The zero-order valence-electron chi connectivity index (χ0n) is 9.12. The average molecular weight is 187 g/mol. The molecule has 0 bridgehead atoms. The van der Waals surface area contributed by atoms with Crippen molar-refractivity contribution in [1.82, 2.24) is 0 Å². The van der Waals surface area contributed by atoms with Gasteiger partial charge in [0.25, 0.3) is 0 Å². The van der Waals surface area contributed by atoms with Crippen LogP contribution in [0.3, 0.4) is 0 Å². The topological polar surface area (TPSA) is 12.4 Å². The third-order valence-corrected chi connectivity index (χ3v) is 2.00. The smallest absolute Gasteiger partial charge is 0.0635 e. The maximum Gasteiger partial charge on any atom is 0.0635 e. The van der Waals surface area contributed by atoms with Crippen molar-refractivity contribution in [2.75, 3.05) is 0 Å². The van der Waals surface area contributed by atoms with E-state index in [9.17, 15) is 0 Å². The molecule has 0 radical (unpaired) electrons. The van der Waals surface area contributed by atoms with Crippen LogP contribution in [0.15, 0.2) is 41.4 Å². The van der Waals surface area contributed by atoms with Crippen molar-refractivity contribution in [2.24, 2.45) is 4.99 Å². The summed E-state index contributed by atoms with van der Waals surface area (Å²) in [5, 5.41) is 0. The summed E-state index contributed by atoms with van der Waals surface area (Å²) < 4.78 is 0. The minimum atomic E-state index is 0.971. The third-order valence-electron chi connectivity index (χ3n) is 2.00. The van der Waals surface area contributed by atoms with E-state index in [1.165, 1.54) is 5.56 Å². The second kappa shape index (κ2) is 5.38. The van der Waals surface area contributed by atoms with Crippen molar-refractivity contribution in [2.45, 2.75) is 27.2 Å². The van der Waals surface area contributed by atoms with E-state index in [0.29, 0.717) is 0 Å². The highest BCUT2D eigenvalue weighted by Gasteiger charge is 1.92. The second-order valence-electron chi connectivity index (χ2n) is 3.30. The molecule has 0 aliphatic rings. The van der Waals surface area contributed by atoms with Gasteiger partial charge in [-0.2, -0.15) is 0 Å². The number of hydrogen-bond acceptors (Lipinski definition) is 1. The van der Waals surface area contributed by atoms with Gasteiger partial charge in [0.2, 0.25) is 0 Å². The minimum Gasteiger partial charge on any atom is -0.253 e. The first-order valence-corrected chi connectivity index (χ1v) is 5.03. The van der Waals surface area contributed by atoms with E-state index >= 15 is 0 Å². The van der Waals surface area contributed by atoms with Crippen LogP contribution in [0.5, 0.6) is 0 Å². The molecule has 0 spiro atoms. The van der Waals surface area contributed by atoms with E-state index in [2.05, 4.69) is 37.0 Å². The number of nitrogens with zero attached hydrogens (tertiary/aromatic N) is 1. The zero-order valence-corrected chi connectivity index (χ0v) is 9.12. The van der Waals surface area contributed by atoms with Gasteiger partial charge in [-0.25, -0.2) is 0 Å². The zero-order chi connectivity index (χ0) is 10.4. The van der Waals surface area contributed by atoms with Gasteiger partial charge in [0.05, 0.1) is 5.69 Å². The minimum absolute atomic E-state index is 0.971. The number of aryl methyl sites for hydroxylation is 1. The normalized spacial score (nSPS) is 12.4. The van der Waals surface area contributed by atoms with Crippen LogP contribution in [0.25, 0.3) is 0 Å². The summed E-state index contributed by atoms with van der Waals surface area (Å²) in [7, 11) is 0. The second-order valence-corrected chi connectivity index (χ2v) is 3.30. The van der Waals surface area contributed by atoms with E-state index < -0.39 is 0 Å². The molecule has 0 heterocycles. The molecular formula is C13H17N. The first kappa shape index (κ1) is 10.7. The molecule has 1 heteroatoms. The Labute approximate surface area is 86.2 Å². The van der Waals surface area contributed by atoms with Crippen LogP contribution < -0.4 is 0 Å². The quantitative estimate of drug-likeness (QED) is 0.633. The van der Waals surface area contributed by atoms with Gasteiger partial charge < -0.3 is 0 Å². The molecule has 1 nitrogen and oxygen atoms in total. The summed E-state index contributed by atoms with van der Waals surface area (Å²) in [4.78, 5) is 4.56. The predicted molar refractivity (Wildman–Crippen MR) is 63.4 cm³/mol. The molecule has 0 N–H and O–H groups in total. The highest BCUT2D eigenvalue weighted by Crippen LogP contribution is 2.14. The van der Waals surface area contributed by atoms with E-state index in [0.717, 1.165) is 17.8 Å². The number of hydrogen-bond donors (Lipinski definition) is 0. The molecular weight excluding hydrogens is 170 g/mol. The Hall–Kier alpha value is -1.37. The molecule has 0 saturated heterocycles. The monoisotopic (exact) mass is 187 g/mol. The Kier molecular flexibility index (Phi) is 4.11. The predicted octanol–water partition coefficient (Wildman–Crippen LogP) is 4.05. The highest BCUT2D eigenvalue weighted by atomic mass is 14.7. The Morgan fingerprint density at radius 1 is 1.43 bits per heavy atom. The number of allylic oxidation sites excluding steroid dienone is 2. The van der Waals surface area contributed by atoms with Gasteiger partial charge in [0, 0.05) is 5.71 Å². The summed E-state index contributed by atoms with van der Waals surface area (Å²) >= 11 is 0. The van der Waals surface area contributed by atoms with Crippen LogP contribution in [0, 0.1) is 6.92 Å². The molecule has 0 aromatic heterocycles. The number of aliphatic imine (C=N–C) groups is 1. The molecule has 0 atom stereocenters. The largest absolute Gasteiger partial charge is 0.253 e. The summed E-state index contributed by atoms with van der Waals surface area (Å²) in [5.74, 6) is 0. The molecule has 1 aromatic rings. The Bertz CT molecular complexity index is 348. The summed E-state index contributed by atoms with van der Waals surface area (Å²) in [6, 6.07) is 8.25. The van der Waals surface area contributed by atoms with E-state index in [1.807, 2.05) is 25.1 Å². The standard InChI is InChI=1S/C13H17N/c1-4-7-12(5-2)14-13-9-6-8-11(3)10-13/h4,6-10H,5H2,1-3H3/b7-4-,14-12?. The van der Waals surface area contributed by atoms with Crippen molar-refractivity contribution in [3.8, 4) is 0 Å². The lowest BCUT2D eigenvalue weighted by molar-refractivity contribution is 1.27. The van der Waals surface area contributed by atoms with Crippen LogP contribution in [-0.2, 0) is 0 Å². The van der Waals surface area contributed by atoms with Gasteiger partial charge in [0.1, 0.15) is 0 Å². The van der Waals surface area contributed by atoms with Gasteiger partial charge in [-0.15, -0.1) is 0 Å². The summed E-state index contributed by atoms with van der Waals surface area (Å²) in [5.41, 5.74) is 3.42. The van der Waals surface area contributed by atoms with E-state index in [-0.39, 0.29) is 0 Å². The molecule has 0 amide bonds. The lowest BCUT2D eigenvalue weighted by Crippen LogP contribution is -1.88. The van der Waals surface area contributed by atoms with Gasteiger partial charge in [0.15, 0.2) is 0 Å². The molecule has 74 valence electrons. The molecule has 1 aromatic carbocycles. The van der Waals surface area contributed by atoms with Crippen LogP contribution in [0.2, 0.25) is 0 Å². The maximum absolute atomic E-state index is 4.56. The van der Waals surface area contributed by atoms with Crippen LogP contribution >= 0.6 is 0 Å². The lowest BCUT2D eigenvalue weighted by Gasteiger charge is -1.99. The van der Waals surface area contributed by atoms with Crippen LogP contribution in [0.1, 0.15) is 25.8 Å². The van der Waals surface area contributed by atoms with Gasteiger partial charge in [-0.3, -0.25) is 4.99 Å². The van der Waals surface area contributed by atoms with Crippen molar-refractivity contribution in [3.63, 3.8) is 0 Å². The van der Waals surface area contributed by atoms with Crippen molar-refractivity contribution in [3.05, 3.63) is 42.0 Å². The lowest BCUT2D eigenvalue weighted by atomic mass is 10.2. The van der Waals surface area contributed by atoms with Crippen LogP contribution in [0.4, 0.5) is 5.69 Å². The maximum atomic E-state index is 4.56. The Morgan fingerprint density at radius 3 is 2.79 bits per heavy atom. The highest BCUT2D eigenvalue weighted by molar-refractivity contribution is 5.96. The molecule has 0 aliphatic heterocycles. The summed E-state index contributed by atoms with van der Waals surface area (Å²) in [6.45, 7) is 6.22. The first-order chi connectivity index (χ1) is 6.76. The molecule has 14 heavy (non-hydrogen) atoms. The first-order valence-electron chi connectivity index (χ1n) is 5.03. The molecule has 1 rings (SSSR count). The van der Waals surface area contributed by atoms with Gasteiger partial charge >= 0.3 is 0 Å². The SMILES string of the molecule is C/C=C\C(CC)=Nc1cccc(C)c1. The summed E-state index contributed by atoms with van der Waals surface area (Å²) in [6.07, 6.45) is 5.05. The molecule has 0 unspecified atom stereocenters. The number of benzene rings is 1. The fourth-order valence-corrected chi connectivity index (χ4v) is 1.29. The van der Waals surface area contributed by atoms with Crippen molar-refractivity contribution < 1.29 is 0 Å². The Morgan fingerprint density at radius 2 is 2.21 bits per heavy atom. The third kappa shape index (κ3) is 3.17. The molecule has 0 fully saturated rings. The Balaban J connectivity index is 2.94. The van der Waals surface area contributed by atoms with Gasteiger partial charge in [-0.1, -0.05) is 25.1 Å². The molecule has 0 aliphatic carbocycles. The fourth-order valence-electron chi connectivity index (χ4n) is 1.29. The number of rotatable bonds is 3. The van der Waals surface area contributed by atoms with E-state index in [4.69, 9.17) is 0 Å².